The molecule has 1 unspecified atom stereocenters. The Hall–Kier alpha value is -0.680. The van der Waals surface area contributed by atoms with Crippen molar-refractivity contribution in [3.63, 3.8) is 0 Å². The van der Waals surface area contributed by atoms with Gasteiger partial charge in [0.1, 0.15) is 0 Å². The van der Waals surface area contributed by atoms with Gasteiger partial charge < -0.3 is 10.6 Å². The molecule has 1 atom stereocenters. The first-order valence-corrected chi connectivity index (χ1v) is 6.83. The lowest BCUT2D eigenvalue weighted by Gasteiger charge is -2.26. The van der Waals surface area contributed by atoms with E-state index in [-0.39, 0.29) is 5.28 Å². The largest absolute Gasteiger partial charge is 0.394 e. The Labute approximate surface area is 106 Å². The summed E-state index contributed by atoms with van der Waals surface area (Å²) >= 11 is 7.59. The number of halogens is 1. The molecule has 0 aliphatic rings. The third kappa shape index (κ3) is 3.42. The van der Waals surface area contributed by atoms with Gasteiger partial charge in [-0.3, -0.25) is 0 Å². The van der Waals surface area contributed by atoms with Crippen LogP contribution in [0.4, 0.5) is 11.5 Å². The molecule has 0 spiro atoms. The van der Waals surface area contributed by atoms with Gasteiger partial charge in [-0.15, -0.1) is 0 Å². The topological polar surface area (TPSA) is 55.0 Å². The van der Waals surface area contributed by atoms with Crippen molar-refractivity contribution >= 4 is 34.9 Å². The zero-order valence-corrected chi connectivity index (χ0v) is 11.3. The Kier molecular flexibility index (Phi) is 5.15. The monoisotopic (exact) mass is 260 g/mol. The molecule has 0 radical (unpaired) electrons. The van der Waals surface area contributed by atoms with Crippen molar-refractivity contribution < 1.29 is 0 Å². The average Bonchev–Trinajstić information content (AvgIpc) is 2.28. The van der Waals surface area contributed by atoms with E-state index in [0.717, 1.165) is 12.2 Å². The summed E-state index contributed by atoms with van der Waals surface area (Å²) in [4.78, 5) is 10.0. The summed E-state index contributed by atoms with van der Waals surface area (Å²) in [7, 11) is 1.97. The molecule has 2 N–H and O–H groups in total. The van der Waals surface area contributed by atoms with Crippen molar-refractivity contribution in [1.29, 1.82) is 0 Å². The molecule has 0 aliphatic heterocycles. The second kappa shape index (κ2) is 6.15. The number of hydrogen-bond donors (Lipinski definition) is 1. The van der Waals surface area contributed by atoms with Crippen molar-refractivity contribution in [1.82, 2.24) is 9.97 Å². The van der Waals surface area contributed by atoms with Gasteiger partial charge in [0.2, 0.25) is 5.28 Å². The first-order chi connectivity index (χ1) is 7.56. The highest BCUT2D eigenvalue weighted by Gasteiger charge is 2.14. The summed E-state index contributed by atoms with van der Waals surface area (Å²) in [5.41, 5.74) is 6.38. The zero-order chi connectivity index (χ0) is 12.1. The molecule has 90 valence electrons. The third-order valence-electron chi connectivity index (χ3n) is 2.50. The second-order valence-corrected chi connectivity index (χ2v) is 4.98. The maximum Gasteiger partial charge on any atom is 0.224 e. The predicted octanol–water partition coefficient (Wildman–Crippen LogP) is 2.29. The van der Waals surface area contributed by atoms with Gasteiger partial charge in [0.05, 0.1) is 11.9 Å². The molecule has 1 rings (SSSR count). The van der Waals surface area contributed by atoms with E-state index in [9.17, 15) is 0 Å². The highest BCUT2D eigenvalue weighted by molar-refractivity contribution is 7.98. The summed E-state index contributed by atoms with van der Waals surface area (Å²) < 4.78 is 0. The highest BCUT2D eigenvalue weighted by Crippen LogP contribution is 2.22. The van der Waals surface area contributed by atoms with Gasteiger partial charge in [0, 0.05) is 13.1 Å². The second-order valence-electron chi connectivity index (χ2n) is 3.66. The van der Waals surface area contributed by atoms with E-state index in [0.29, 0.717) is 17.5 Å². The maximum absolute atomic E-state index is 5.83. The van der Waals surface area contributed by atoms with Crippen molar-refractivity contribution in [2.75, 3.05) is 29.7 Å². The van der Waals surface area contributed by atoms with Crippen LogP contribution in [0.5, 0.6) is 0 Å². The molecule has 0 saturated heterocycles. The van der Waals surface area contributed by atoms with Crippen LogP contribution in [0.1, 0.15) is 13.3 Å². The van der Waals surface area contributed by atoms with Crippen LogP contribution in [0.15, 0.2) is 6.20 Å². The molecule has 1 heterocycles. The molecule has 6 heteroatoms. The fourth-order valence-corrected chi connectivity index (χ4v) is 2.04. The summed E-state index contributed by atoms with van der Waals surface area (Å²) in [6.07, 6.45) is 4.73. The zero-order valence-electron chi connectivity index (χ0n) is 9.77. The van der Waals surface area contributed by atoms with E-state index >= 15 is 0 Å². The minimum absolute atomic E-state index is 0.230. The van der Waals surface area contributed by atoms with E-state index in [4.69, 9.17) is 17.3 Å². The van der Waals surface area contributed by atoms with E-state index in [1.807, 2.05) is 23.7 Å². The molecule has 1 aromatic heterocycles. The van der Waals surface area contributed by atoms with Gasteiger partial charge in [0.25, 0.3) is 0 Å². The fourth-order valence-electron chi connectivity index (χ4n) is 1.33. The first-order valence-electron chi connectivity index (χ1n) is 5.06. The Morgan fingerprint density at radius 1 is 1.62 bits per heavy atom. The number of nitrogens with zero attached hydrogens (tertiary/aromatic N) is 3. The lowest BCUT2D eigenvalue weighted by molar-refractivity contribution is 0.662. The lowest BCUT2D eigenvalue weighted by Crippen LogP contribution is -2.30. The summed E-state index contributed by atoms with van der Waals surface area (Å²) in [6, 6.07) is 0.376. The summed E-state index contributed by atoms with van der Waals surface area (Å²) in [6.45, 7) is 2.14. The molecule has 0 fully saturated rings. The minimum Gasteiger partial charge on any atom is -0.394 e. The Bertz CT molecular complexity index is 348. The van der Waals surface area contributed by atoms with Crippen LogP contribution in [0, 0.1) is 0 Å². The molecule has 16 heavy (non-hydrogen) atoms. The molecule has 0 bridgehead atoms. The molecular formula is C10H17ClN4S. The number of aromatic nitrogens is 2. The summed E-state index contributed by atoms with van der Waals surface area (Å²) in [5.74, 6) is 1.82. The van der Waals surface area contributed by atoms with Crippen LogP contribution in [0.3, 0.4) is 0 Å². The SMILES string of the molecule is CSCCC(C)N(C)c1nc(Cl)ncc1N. The highest BCUT2D eigenvalue weighted by atomic mass is 35.5. The van der Waals surface area contributed by atoms with Crippen LogP contribution in [-0.4, -0.2) is 35.1 Å². The maximum atomic E-state index is 5.83. The smallest absolute Gasteiger partial charge is 0.224 e. The van der Waals surface area contributed by atoms with Gasteiger partial charge in [-0.2, -0.15) is 16.7 Å². The number of thioether (sulfide) groups is 1. The fraction of sp³-hybridized carbons (Fsp3) is 0.600. The van der Waals surface area contributed by atoms with E-state index in [2.05, 4.69) is 23.1 Å². The van der Waals surface area contributed by atoms with Crippen LogP contribution in [-0.2, 0) is 0 Å². The number of hydrogen-bond acceptors (Lipinski definition) is 5. The first kappa shape index (κ1) is 13.4. The van der Waals surface area contributed by atoms with Crippen molar-refractivity contribution in [3.8, 4) is 0 Å². The van der Waals surface area contributed by atoms with Crippen LogP contribution in [0.25, 0.3) is 0 Å². The van der Waals surface area contributed by atoms with E-state index in [1.165, 1.54) is 0 Å². The third-order valence-corrected chi connectivity index (χ3v) is 3.33. The Balaban J connectivity index is 2.78. The van der Waals surface area contributed by atoms with Crippen LogP contribution in [0.2, 0.25) is 5.28 Å². The standard InChI is InChI=1S/C10H17ClN4S/c1-7(4-5-16-3)15(2)9-8(12)6-13-10(11)14-9/h6-7H,4-5,12H2,1-3H3. The number of anilines is 2. The molecule has 0 amide bonds. The van der Waals surface area contributed by atoms with Gasteiger partial charge in [-0.05, 0) is 37.0 Å². The van der Waals surface area contributed by atoms with Gasteiger partial charge in [0.15, 0.2) is 5.82 Å². The van der Waals surface area contributed by atoms with Crippen LogP contribution >= 0.6 is 23.4 Å². The quantitative estimate of drug-likeness (QED) is 0.824. The van der Waals surface area contributed by atoms with Gasteiger partial charge in [-0.25, -0.2) is 4.98 Å². The molecule has 0 saturated carbocycles. The normalized spacial score (nSPS) is 12.5. The minimum atomic E-state index is 0.230. The molecule has 4 nitrogen and oxygen atoms in total. The van der Waals surface area contributed by atoms with Crippen molar-refractivity contribution in [2.24, 2.45) is 0 Å². The number of nitrogen functional groups attached to an aromatic ring is 1. The van der Waals surface area contributed by atoms with E-state index in [1.54, 1.807) is 6.20 Å². The molecular weight excluding hydrogens is 244 g/mol. The molecule has 1 aromatic rings. The Morgan fingerprint density at radius 3 is 2.94 bits per heavy atom. The number of rotatable bonds is 5. The van der Waals surface area contributed by atoms with E-state index < -0.39 is 0 Å². The van der Waals surface area contributed by atoms with Crippen molar-refractivity contribution in [2.45, 2.75) is 19.4 Å². The molecule has 0 aliphatic carbocycles. The lowest BCUT2D eigenvalue weighted by atomic mass is 10.2. The van der Waals surface area contributed by atoms with Crippen molar-refractivity contribution in [3.05, 3.63) is 11.5 Å². The summed E-state index contributed by atoms with van der Waals surface area (Å²) in [5, 5.41) is 0.230. The average molecular weight is 261 g/mol. The number of nitrogens with two attached hydrogens (primary N) is 1. The predicted molar refractivity (Wildman–Crippen MR) is 72.3 cm³/mol. The van der Waals surface area contributed by atoms with Gasteiger partial charge >= 0.3 is 0 Å². The van der Waals surface area contributed by atoms with Gasteiger partial charge in [-0.1, -0.05) is 0 Å². The Morgan fingerprint density at radius 2 is 2.31 bits per heavy atom. The molecule has 0 aromatic carbocycles. The van der Waals surface area contributed by atoms with Crippen LogP contribution < -0.4 is 10.6 Å².